The zero-order chi connectivity index (χ0) is 21.0. The van der Waals surface area contributed by atoms with Gasteiger partial charge in [-0.1, -0.05) is 29.5 Å². The van der Waals surface area contributed by atoms with Crippen molar-refractivity contribution in [1.82, 2.24) is 14.8 Å². The lowest BCUT2D eigenvalue weighted by Crippen LogP contribution is -2.15. The van der Waals surface area contributed by atoms with Gasteiger partial charge in [0.2, 0.25) is 5.91 Å². The van der Waals surface area contributed by atoms with Crippen molar-refractivity contribution in [3.63, 3.8) is 0 Å². The number of carbonyl (C=O) groups is 1. The van der Waals surface area contributed by atoms with Gasteiger partial charge >= 0.3 is 0 Å². The Morgan fingerprint density at radius 2 is 1.93 bits per heavy atom. The van der Waals surface area contributed by atoms with Crippen molar-refractivity contribution in [2.24, 2.45) is 7.05 Å². The normalized spacial score (nSPS) is 11.9. The highest BCUT2D eigenvalue weighted by atomic mass is 32.2. The molecule has 0 saturated heterocycles. The predicted molar refractivity (Wildman–Crippen MR) is 112 cm³/mol. The number of thioether (sulfide) groups is 1. The van der Waals surface area contributed by atoms with E-state index in [0.717, 1.165) is 11.3 Å². The fourth-order valence-electron chi connectivity index (χ4n) is 2.84. The number of aryl methyl sites for hydroxylation is 2. The van der Waals surface area contributed by atoms with Crippen LogP contribution in [0.2, 0.25) is 0 Å². The molecule has 3 aromatic rings. The van der Waals surface area contributed by atoms with Gasteiger partial charge in [0.05, 0.1) is 5.75 Å². The number of halogens is 1. The molecule has 1 aromatic heterocycles. The summed E-state index contributed by atoms with van der Waals surface area (Å²) in [5.41, 5.74) is 2.79. The fourth-order valence-corrected chi connectivity index (χ4v) is 3.56. The second kappa shape index (κ2) is 9.09. The molecule has 1 atom stereocenters. The van der Waals surface area contributed by atoms with Gasteiger partial charge in [0.1, 0.15) is 11.6 Å². The van der Waals surface area contributed by atoms with E-state index < -0.39 is 0 Å². The molecule has 1 amide bonds. The predicted octanol–water partition coefficient (Wildman–Crippen LogP) is 4.44. The third-order valence-electron chi connectivity index (χ3n) is 4.33. The molecule has 152 valence electrons. The largest absolute Gasteiger partial charge is 0.482 e. The molecule has 8 heteroatoms. The van der Waals surface area contributed by atoms with Gasteiger partial charge in [-0.3, -0.25) is 4.79 Å². The standard InChI is InChI=1S/C21H23FN4O2S/c1-13-5-10-18(14(2)11-13)28-15(3)20-24-25-21(26(20)4)29-12-19(27)23-17-8-6-16(22)7-9-17/h5-11,15H,12H2,1-4H3,(H,23,27). The molecule has 0 aliphatic rings. The molecular weight excluding hydrogens is 391 g/mol. The van der Waals surface area contributed by atoms with Crippen molar-refractivity contribution in [3.8, 4) is 5.75 Å². The van der Waals surface area contributed by atoms with Crippen LogP contribution in [0.4, 0.5) is 10.1 Å². The van der Waals surface area contributed by atoms with Crippen LogP contribution in [0.5, 0.6) is 5.75 Å². The Kier molecular flexibility index (Phi) is 6.53. The summed E-state index contributed by atoms with van der Waals surface area (Å²) in [5, 5.41) is 11.7. The number of anilines is 1. The van der Waals surface area contributed by atoms with Crippen molar-refractivity contribution in [1.29, 1.82) is 0 Å². The van der Waals surface area contributed by atoms with Gasteiger partial charge in [0.15, 0.2) is 17.1 Å². The minimum absolute atomic E-state index is 0.162. The molecule has 29 heavy (non-hydrogen) atoms. The Hall–Kier alpha value is -2.87. The van der Waals surface area contributed by atoms with Crippen LogP contribution in [0.15, 0.2) is 47.6 Å². The molecule has 0 radical (unpaired) electrons. The summed E-state index contributed by atoms with van der Waals surface area (Å²) in [6, 6.07) is 11.7. The molecule has 1 heterocycles. The lowest BCUT2D eigenvalue weighted by atomic mass is 10.1. The van der Waals surface area contributed by atoms with E-state index in [-0.39, 0.29) is 23.6 Å². The minimum atomic E-state index is -0.346. The number of benzene rings is 2. The first kappa shape index (κ1) is 20.9. The zero-order valence-electron chi connectivity index (χ0n) is 16.8. The number of rotatable bonds is 7. The molecule has 2 aromatic carbocycles. The maximum Gasteiger partial charge on any atom is 0.234 e. The van der Waals surface area contributed by atoms with Crippen molar-refractivity contribution in [3.05, 3.63) is 65.2 Å². The third-order valence-corrected chi connectivity index (χ3v) is 5.35. The number of nitrogens with one attached hydrogen (secondary N) is 1. The quantitative estimate of drug-likeness (QED) is 0.579. The van der Waals surface area contributed by atoms with Crippen LogP contribution < -0.4 is 10.1 Å². The number of ether oxygens (including phenoxy) is 1. The molecule has 0 saturated carbocycles. The number of amides is 1. The SMILES string of the molecule is Cc1ccc(OC(C)c2nnc(SCC(=O)Nc3ccc(F)cc3)n2C)c(C)c1. The molecule has 1 unspecified atom stereocenters. The number of nitrogens with zero attached hydrogens (tertiary/aromatic N) is 3. The monoisotopic (exact) mass is 414 g/mol. The Bertz CT molecular complexity index is 1000. The number of carbonyl (C=O) groups excluding carboxylic acids is 1. The van der Waals surface area contributed by atoms with E-state index in [9.17, 15) is 9.18 Å². The Balaban J connectivity index is 1.59. The Labute approximate surface area is 173 Å². The van der Waals surface area contributed by atoms with E-state index >= 15 is 0 Å². The topological polar surface area (TPSA) is 69.0 Å². The van der Waals surface area contributed by atoms with Gasteiger partial charge in [0.25, 0.3) is 0 Å². The molecule has 0 aliphatic heterocycles. The van der Waals surface area contributed by atoms with Crippen LogP contribution in [0.3, 0.4) is 0 Å². The van der Waals surface area contributed by atoms with Crippen molar-refractivity contribution < 1.29 is 13.9 Å². The summed E-state index contributed by atoms with van der Waals surface area (Å²) in [6.07, 6.45) is -0.295. The van der Waals surface area contributed by atoms with Gasteiger partial charge in [-0.2, -0.15) is 0 Å². The average molecular weight is 415 g/mol. The number of aromatic nitrogens is 3. The molecule has 0 bridgehead atoms. The fraction of sp³-hybridized carbons (Fsp3) is 0.286. The summed E-state index contributed by atoms with van der Waals surface area (Å²) in [5.74, 6) is 1.09. The summed E-state index contributed by atoms with van der Waals surface area (Å²) >= 11 is 1.27. The zero-order valence-corrected chi connectivity index (χ0v) is 17.6. The minimum Gasteiger partial charge on any atom is -0.482 e. The summed E-state index contributed by atoms with van der Waals surface area (Å²) < 4.78 is 20.8. The first-order chi connectivity index (χ1) is 13.8. The van der Waals surface area contributed by atoms with Gasteiger partial charge in [-0.05, 0) is 56.7 Å². The smallest absolute Gasteiger partial charge is 0.234 e. The summed E-state index contributed by atoms with van der Waals surface area (Å²) in [7, 11) is 1.84. The lowest BCUT2D eigenvalue weighted by Gasteiger charge is -2.16. The van der Waals surface area contributed by atoms with Gasteiger partial charge in [0, 0.05) is 12.7 Å². The number of hydrogen-bond acceptors (Lipinski definition) is 5. The lowest BCUT2D eigenvalue weighted by molar-refractivity contribution is -0.113. The van der Waals surface area contributed by atoms with Gasteiger partial charge < -0.3 is 14.6 Å². The summed E-state index contributed by atoms with van der Waals surface area (Å²) in [6.45, 7) is 5.96. The highest BCUT2D eigenvalue weighted by Crippen LogP contribution is 2.26. The first-order valence-corrected chi connectivity index (χ1v) is 10.1. The highest BCUT2D eigenvalue weighted by molar-refractivity contribution is 7.99. The maximum atomic E-state index is 12.9. The van der Waals surface area contributed by atoms with Gasteiger partial charge in [-0.25, -0.2) is 4.39 Å². The third kappa shape index (κ3) is 5.35. The maximum absolute atomic E-state index is 12.9. The van der Waals surface area contributed by atoms with Crippen molar-refractivity contribution in [2.45, 2.75) is 32.0 Å². The molecule has 1 N–H and O–H groups in total. The highest BCUT2D eigenvalue weighted by Gasteiger charge is 2.18. The number of hydrogen-bond donors (Lipinski definition) is 1. The molecule has 0 fully saturated rings. The van der Waals surface area contributed by atoms with Crippen LogP contribution in [0.1, 0.15) is 30.0 Å². The van der Waals surface area contributed by atoms with Crippen molar-refractivity contribution in [2.75, 3.05) is 11.1 Å². The summed E-state index contributed by atoms with van der Waals surface area (Å²) in [4.78, 5) is 12.1. The second-order valence-corrected chi connectivity index (χ2v) is 7.72. The van der Waals surface area contributed by atoms with E-state index in [1.165, 1.54) is 41.6 Å². The molecule has 6 nitrogen and oxygen atoms in total. The van der Waals surface area contributed by atoms with E-state index in [1.807, 2.05) is 44.5 Å². The molecular formula is C21H23FN4O2S. The van der Waals surface area contributed by atoms with Crippen LogP contribution in [-0.2, 0) is 11.8 Å². The first-order valence-electron chi connectivity index (χ1n) is 9.15. The van der Waals surface area contributed by atoms with E-state index in [2.05, 4.69) is 21.6 Å². The van der Waals surface area contributed by atoms with Crippen molar-refractivity contribution >= 4 is 23.4 Å². The van der Waals surface area contributed by atoms with E-state index in [4.69, 9.17) is 4.74 Å². The average Bonchev–Trinajstić information content (AvgIpc) is 3.05. The van der Waals surface area contributed by atoms with Crippen LogP contribution in [-0.4, -0.2) is 26.4 Å². The molecule has 3 rings (SSSR count). The van der Waals surface area contributed by atoms with Gasteiger partial charge in [-0.15, -0.1) is 10.2 Å². The molecule has 0 aliphatic carbocycles. The second-order valence-electron chi connectivity index (χ2n) is 6.77. The van der Waals surface area contributed by atoms with E-state index in [1.54, 1.807) is 0 Å². The van der Waals surface area contributed by atoms with Crippen LogP contribution in [0.25, 0.3) is 0 Å². The Morgan fingerprint density at radius 3 is 2.62 bits per heavy atom. The van der Waals surface area contributed by atoms with Crippen LogP contribution in [0, 0.1) is 19.7 Å². The Morgan fingerprint density at radius 1 is 1.21 bits per heavy atom. The van der Waals surface area contributed by atoms with E-state index in [0.29, 0.717) is 16.7 Å². The molecule has 0 spiro atoms. The van der Waals surface area contributed by atoms with Crippen LogP contribution >= 0.6 is 11.8 Å².